The highest BCUT2D eigenvalue weighted by Gasteiger charge is 2.32. The van der Waals surface area contributed by atoms with E-state index < -0.39 is 21.5 Å². The summed E-state index contributed by atoms with van der Waals surface area (Å²) in [5.74, 6) is -0.746. The summed E-state index contributed by atoms with van der Waals surface area (Å²) < 4.78 is 50.1. The van der Waals surface area contributed by atoms with Crippen molar-refractivity contribution in [3.8, 4) is 0 Å². The van der Waals surface area contributed by atoms with Crippen LogP contribution in [0.1, 0.15) is 13.3 Å². The molecule has 10 heteroatoms. The lowest BCUT2D eigenvalue weighted by Gasteiger charge is -2.27. The van der Waals surface area contributed by atoms with Gasteiger partial charge in [0, 0.05) is 18.7 Å². The molecule has 7 nitrogen and oxygen atoms in total. The first-order chi connectivity index (χ1) is 11.9. The average molecular weight is 369 g/mol. The van der Waals surface area contributed by atoms with Crippen molar-refractivity contribution in [1.82, 2.24) is 15.2 Å². The van der Waals surface area contributed by atoms with Gasteiger partial charge in [-0.3, -0.25) is 0 Å². The minimum absolute atomic E-state index is 0.0202. The highest BCUT2D eigenvalue weighted by molar-refractivity contribution is 7.91. The Morgan fingerprint density at radius 1 is 1.36 bits per heavy atom. The van der Waals surface area contributed by atoms with Gasteiger partial charge in [0.15, 0.2) is 15.7 Å². The molecule has 134 valence electrons. The Morgan fingerprint density at radius 3 is 2.80 bits per heavy atom. The first kappa shape index (κ1) is 17.5. The second kappa shape index (κ2) is 6.87. The number of nitrogens with zero attached hydrogens (tertiary/aromatic N) is 4. The van der Waals surface area contributed by atoms with Crippen molar-refractivity contribution >= 4 is 27.3 Å². The fourth-order valence-electron chi connectivity index (χ4n) is 2.83. The number of sulfone groups is 1. The zero-order valence-corrected chi connectivity index (χ0v) is 14.3. The molecule has 1 aliphatic rings. The van der Waals surface area contributed by atoms with E-state index >= 15 is 0 Å². The van der Waals surface area contributed by atoms with Crippen LogP contribution in [0.15, 0.2) is 24.4 Å². The SMILES string of the molecule is CCN(c1cnnc(Nc2ccc(F)cc2F)n1)C1CCS(=O)(=O)C1. The van der Waals surface area contributed by atoms with E-state index in [1.54, 1.807) is 0 Å². The minimum Gasteiger partial charge on any atom is -0.351 e. The van der Waals surface area contributed by atoms with E-state index in [9.17, 15) is 17.2 Å². The van der Waals surface area contributed by atoms with Gasteiger partial charge in [-0.2, -0.15) is 10.1 Å². The third-order valence-electron chi connectivity index (χ3n) is 4.01. The van der Waals surface area contributed by atoms with Gasteiger partial charge < -0.3 is 10.2 Å². The molecule has 0 saturated carbocycles. The van der Waals surface area contributed by atoms with E-state index in [1.165, 1.54) is 12.3 Å². The lowest BCUT2D eigenvalue weighted by molar-refractivity contribution is 0.585. The number of rotatable bonds is 5. The minimum atomic E-state index is -3.03. The maximum atomic E-state index is 13.7. The number of hydrogen-bond acceptors (Lipinski definition) is 7. The molecule has 3 rings (SSSR count). The van der Waals surface area contributed by atoms with Gasteiger partial charge in [-0.05, 0) is 25.5 Å². The topological polar surface area (TPSA) is 88.1 Å². The maximum absolute atomic E-state index is 13.7. The molecule has 1 aromatic heterocycles. The van der Waals surface area contributed by atoms with Crippen molar-refractivity contribution in [2.24, 2.45) is 0 Å². The zero-order chi connectivity index (χ0) is 18.0. The third kappa shape index (κ3) is 4.01. The summed E-state index contributed by atoms with van der Waals surface area (Å²) in [5.41, 5.74) is 0.0202. The molecule has 1 fully saturated rings. The molecule has 1 N–H and O–H groups in total. The fourth-order valence-corrected chi connectivity index (χ4v) is 4.56. The number of halogens is 2. The third-order valence-corrected chi connectivity index (χ3v) is 5.76. The van der Waals surface area contributed by atoms with E-state index in [-0.39, 0.29) is 29.2 Å². The summed E-state index contributed by atoms with van der Waals surface area (Å²) in [6.07, 6.45) is 1.95. The molecule has 1 unspecified atom stereocenters. The van der Waals surface area contributed by atoms with Crippen LogP contribution in [0.2, 0.25) is 0 Å². The lowest BCUT2D eigenvalue weighted by Crippen LogP contribution is -2.37. The van der Waals surface area contributed by atoms with Crippen molar-refractivity contribution in [2.75, 3.05) is 28.3 Å². The number of anilines is 3. The van der Waals surface area contributed by atoms with Gasteiger partial charge in [0.25, 0.3) is 0 Å². The van der Waals surface area contributed by atoms with Crippen LogP contribution in [0.4, 0.5) is 26.2 Å². The standard InChI is InChI=1S/C15H17F2N5O2S/c1-2-22(11-5-6-25(23,24)9-11)14-8-18-21-15(20-14)19-13-4-3-10(16)7-12(13)17/h3-4,7-8,11H,2,5-6,9H2,1H3,(H,19,20,21). The summed E-state index contributed by atoms with van der Waals surface area (Å²) >= 11 is 0. The molecule has 0 spiro atoms. The molecule has 2 heterocycles. The Balaban J connectivity index is 1.82. The molecule has 0 radical (unpaired) electrons. The first-order valence-electron chi connectivity index (χ1n) is 7.77. The van der Waals surface area contributed by atoms with Crippen LogP contribution in [0.5, 0.6) is 0 Å². The van der Waals surface area contributed by atoms with E-state index in [4.69, 9.17) is 0 Å². The predicted molar refractivity (Wildman–Crippen MR) is 89.5 cm³/mol. The number of hydrogen-bond donors (Lipinski definition) is 1. The van der Waals surface area contributed by atoms with Crippen molar-refractivity contribution in [2.45, 2.75) is 19.4 Å². The quantitative estimate of drug-likeness (QED) is 0.861. The van der Waals surface area contributed by atoms with Crippen LogP contribution in [0.3, 0.4) is 0 Å². The zero-order valence-electron chi connectivity index (χ0n) is 13.5. The van der Waals surface area contributed by atoms with Gasteiger partial charge in [0.1, 0.15) is 11.6 Å². The molecule has 1 aliphatic heterocycles. The van der Waals surface area contributed by atoms with Crippen LogP contribution in [0, 0.1) is 11.6 Å². The Labute approximate surface area is 144 Å². The normalized spacial score (nSPS) is 18.9. The Hall–Kier alpha value is -2.36. The van der Waals surface area contributed by atoms with E-state index in [2.05, 4.69) is 20.5 Å². The summed E-state index contributed by atoms with van der Waals surface area (Å²) in [5, 5.41) is 10.3. The second-order valence-corrected chi connectivity index (χ2v) is 7.96. The largest absolute Gasteiger partial charge is 0.351 e. The van der Waals surface area contributed by atoms with Crippen molar-refractivity contribution in [3.63, 3.8) is 0 Å². The van der Waals surface area contributed by atoms with Crippen LogP contribution in [-0.2, 0) is 9.84 Å². The molecule has 0 amide bonds. The molecule has 1 atom stereocenters. The van der Waals surface area contributed by atoms with E-state index in [0.29, 0.717) is 18.8 Å². The summed E-state index contributed by atoms with van der Waals surface area (Å²) in [6.45, 7) is 2.43. The van der Waals surface area contributed by atoms with Gasteiger partial charge in [0.2, 0.25) is 5.95 Å². The second-order valence-electron chi connectivity index (χ2n) is 5.73. The molecule has 0 aliphatic carbocycles. The highest BCUT2D eigenvalue weighted by Crippen LogP contribution is 2.24. The van der Waals surface area contributed by atoms with Gasteiger partial charge in [-0.15, -0.1) is 5.10 Å². The Morgan fingerprint density at radius 2 is 2.16 bits per heavy atom. The Bertz CT molecular complexity index is 878. The van der Waals surface area contributed by atoms with Crippen LogP contribution in [0.25, 0.3) is 0 Å². The lowest BCUT2D eigenvalue weighted by atomic mass is 10.2. The van der Waals surface area contributed by atoms with E-state index in [1.807, 2.05) is 11.8 Å². The monoisotopic (exact) mass is 369 g/mol. The fraction of sp³-hybridized carbons (Fsp3) is 0.400. The van der Waals surface area contributed by atoms with Gasteiger partial charge in [-0.25, -0.2) is 17.2 Å². The predicted octanol–water partition coefficient (Wildman–Crippen LogP) is 1.91. The molecular weight excluding hydrogens is 352 g/mol. The number of aromatic nitrogens is 3. The summed E-state index contributed by atoms with van der Waals surface area (Å²) in [4.78, 5) is 6.12. The van der Waals surface area contributed by atoms with E-state index in [0.717, 1.165) is 12.1 Å². The van der Waals surface area contributed by atoms with Gasteiger partial charge >= 0.3 is 0 Å². The summed E-state index contributed by atoms with van der Waals surface area (Å²) in [6, 6.07) is 2.93. The van der Waals surface area contributed by atoms with Gasteiger partial charge in [-0.1, -0.05) is 0 Å². The molecular formula is C15H17F2N5O2S. The number of benzene rings is 1. The smallest absolute Gasteiger partial charge is 0.249 e. The van der Waals surface area contributed by atoms with Crippen molar-refractivity contribution in [1.29, 1.82) is 0 Å². The van der Waals surface area contributed by atoms with Crippen LogP contribution >= 0.6 is 0 Å². The Kier molecular flexibility index (Phi) is 4.80. The highest BCUT2D eigenvalue weighted by atomic mass is 32.2. The molecule has 0 bridgehead atoms. The summed E-state index contributed by atoms with van der Waals surface area (Å²) in [7, 11) is -3.03. The van der Waals surface area contributed by atoms with Gasteiger partial charge in [0.05, 0.1) is 23.4 Å². The molecule has 2 aromatic rings. The maximum Gasteiger partial charge on any atom is 0.249 e. The first-order valence-corrected chi connectivity index (χ1v) is 9.59. The molecule has 25 heavy (non-hydrogen) atoms. The molecule has 1 aromatic carbocycles. The average Bonchev–Trinajstić information content (AvgIpc) is 2.91. The van der Waals surface area contributed by atoms with Crippen molar-refractivity contribution < 1.29 is 17.2 Å². The number of nitrogens with one attached hydrogen (secondary N) is 1. The van der Waals surface area contributed by atoms with Crippen molar-refractivity contribution in [3.05, 3.63) is 36.0 Å². The molecule has 1 saturated heterocycles. The van der Waals surface area contributed by atoms with Crippen LogP contribution < -0.4 is 10.2 Å². The van der Waals surface area contributed by atoms with Crippen LogP contribution in [-0.4, -0.2) is 47.7 Å².